The minimum atomic E-state index is -1.23. The molecule has 1 atom stereocenters. The average Bonchev–Trinajstić information content (AvgIpc) is 3.41. The summed E-state index contributed by atoms with van der Waals surface area (Å²) >= 11 is 0. The molecule has 0 saturated carbocycles. The highest BCUT2D eigenvalue weighted by Crippen LogP contribution is 2.31. The van der Waals surface area contributed by atoms with Crippen molar-refractivity contribution in [3.8, 4) is 17.3 Å². The molecule has 5 rings (SSSR count). The summed E-state index contributed by atoms with van der Waals surface area (Å²) in [5.41, 5.74) is 4.90. The lowest BCUT2D eigenvalue weighted by atomic mass is 10.0. The van der Waals surface area contributed by atoms with Gasteiger partial charge in [0.05, 0.1) is 11.3 Å². The number of hydrogen-bond acceptors (Lipinski definition) is 7. The Balaban J connectivity index is 1.36. The molecule has 1 amide bonds. The number of H-pyrrole nitrogens is 1. The predicted octanol–water partition coefficient (Wildman–Crippen LogP) is 3.66. The van der Waals surface area contributed by atoms with Crippen molar-refractivity contribution in [1.82, 2.24) is 25.2 Å². The van der Waals surface area contributed by atoms with Gasteiger partial charge in [0, 0.05) is 60.5 Å². The van der Waals surface area contributed by atoms with Crippen molar-refractivity contribution in [3.05, 3.63) is 71.5 Å². The molecule has 4 aromatic rings. The van der Waals surface area contributed by atoms with Gasteiger partial charge in [0.1, 0.15) is 28.5 Å². The summed E-state index contributed by atoms with van der Waals surface area (Å²) < 4.78 is 13.6. The first kappa shape index (κ1) is 27.3. The van der Waals surface area contributed by atoms with Crippen LogP contribution in [0.15, 0.2) is 54.9 Å². The highest BCUT2D eigenvalue weighted by atomic mass is 32.2. The summed E-state index contributed by atoms with van der Waals surface area (Å²) in [6, 6.07) is 15.6. The Morgan fingerprint density at radius 2 is 1.98 bits per heavy atom. The van der Waals surface area contributed by atoms with Gasteiger partial charge in [-0.2, -0.15) is 5.26 Å². The zero-order valence-corrected chi connectivity index (χ0v) is 23.6. The zero-order chi connectivity index (χ0) is 28.2. The fourth-order valence-electron chi connectivity index (χ4n) is 4.89. The van der Waals surface area contributed by atoms with E-state index in [1.165, 1.54) is 0 Å². The molecule has 3 aromatic heterocycles. The third-order valence-electron chi connectivity index (χ3n) is 7.30. The molecular weight excluding hydrogens is 524 g/mol. The maximum absolute atomic E-state index is 12.8. The van der Waals surface area contributed by atoms with Crippen LogP contribution in [0.2, 0.25) is 0 Å². The van der Waals surface area contributed by atoms with Crippen LogP contribution in [0.25, 0.3) is 22.3 Å². The topological polar surface area (TPSA) is 130 Å². The maximum Gasteiger partial charge on any atom is 0.251 e. The van der Waals surface area contributed by atoms with Crippen LogP contribution in [0, 0.1) is 11.3 Å². The minimum absolute atomic E-state index is 0.0584. The molecular formula is C29H32N8O2S. The smallest absolute Gasteiger partial charge is 0.251 e. The number of pyridine rings is 2. The van der Waals surface area contributed by atoms with Gasteiger partial charge in [0.2, 0.25) is 0 Å². The van der Waals surface area contributed by atoms with Gasteiger partial charge in [-0.25, -0.2) is 14.2 Å². The number of hydrogen-bond donors (Lipinski definition) is 3. The summed E-state index contributed by atoms with van der Waals surface area (Å²) in [5, 5.41) is 17.1. The molecule has 1 aliphatic heterocycles. The number of aromatic nitrogens is 3. The fraction of sp³-hybridized carbons (Fsp3) is 0.310. The number of carbonyl (C=O) groups is 1. The fourth-order valence-corrected chi connectivity index (χ4v) is 5.29. The zero-order valence-electron chi connectivity index (χ0n) is 22.8. The third-order valence-corrected chi connectivity index (χ3v) is 8.24. The van der Waals surface area contributed by atoms with Gasteiger partial charge in [0.25, 0.3) is 5.91 Å². The Hall–Kier alpha value is -4.27. The van der Waals surface area contributed by atoms with E-state index in [2.05, 4.69) is 43.6 Å². The lowest BCUT2D eigenvalue weighted by Crippen LogP contribution is -2.43. The Morgan fingerprint density at radius 1 is 1.23 bits per heavy atom. The Morgan fingerprint density at radius 3 is 2.67 bits per heavy atom. The van der Waals surface area contributed by atoms with E-state index in [1.54, 1.807) is 30.0 Å². The van der Waals surface area contributed by atoms with E-state index in [1.807, 2.05) is 42.5 Å². The van der Waals surface area contributed by atoms with Crippen molar-refractivity contribution in [2.75, 3.05) is 43.1 Å². The number of carbonyl (C=O) groups excluding carboxylic acids is 1. The van der Waals surface area contributed by atoms with Gasteiger partial charge in [-0.15, -0.1) is 0 Å². The molecule has 10 nitrogen and oxygen atoms in total. The molecule has 11 heteroatoms. The molecule has 1 unspecified atom stereocenters. The van der Waals surface area contributed by atoms with Crippen LogP contribution < -0.4 is 14.9 Å². The molecule has 1 fully saturated rings. The molecule has 40 heavy (non-hydrogen) atoms. The van der Waals surface area contributed by atoms with Crippen LogP contribution >= 0.6 is 0 Å². The normalized spacial score (nSPS) is 14.9. The van der Waals surface area contributed by atoms with E-state index in [4.69, 9.17) is 0 Å². The second-order valence-corrected chi connectivity index (χ2v) is 11.4. The van der Waals surface area contributed by atoms with Crippen LogP contribution in [0.4, 0.5) is 11.5 Å². The molecule has 206 valence electrons. The number of aromatic amines is 1. The molecule has 0 bridgehead atoms. The summed E-state index contributed by atoms with van der Waals surface area (Å²) in [4.78, 5) is 27.2. The first-order chi connectivity index (χ1) is 19.3. The van der Waals surface area contributed by atoms with Gasteiger partial charge in [0.15, 0.2) is 0 Å². The predicted molar refractivity (Wildman–Crippen MR) is 158 cm³/mol. The van der Waals surface area contributed by atoms with E-state index < -0.39 is 11.0 Å². The lowest BCUT2D eigenvalue weighted by molar-refractivity contribution is 0.0917. The number of piperidine rings is 1. The molecule has 0 radical (unpaired) electrons. The molecule has 3 N–H and O–H groups in total. The number of rotatable bonds is 8. The van der Waals surface area contributed by atoms with Crippen molar-refractivity contribution in [1.29, 1.82) is 5.26 Å². The number of amides is 1. The van der Waals surface area contributed by atoms with Crippen molar-refractivity contribution in [2.45, 2.75) is 25.4 Å². The van der Waals surface area contributed by atoms with Crippen molar-refractivity contribution >= 4 is 39.4 Å². The number of nitrogens with one attached hydrogen (secondary N) is 3. The van der Waals surface area contributed by atoms with Crippen LogP contribution in [0.1, 0.15) is 34.3 Å². The second-order valence-electron chi connectivity index (χ2n) is 9.99. The van der Waals surface area contributed by atoms with Crippen LogP contribution in [0.5, 0.6) is 0 Å². The minimum Gasteiger partial charge on any atom is -0.379 e. The van der Waals surface area contributed by atoms with E-state index in [-0.39, 0.29) is 11.9 Å². The Kier molecular flexibility index (Phi) is 8.09. The van der Waals surface area contributed by atoms with E-state index >= 15 is 0 Å². The molecule has 1 saturated heterocycles. The number of likely N-dealkylation sites (tertiary alicyclic amines) is 1. The monoisotopic (exact) mass is 556 g/mol. The number of benzene rings is 1. The third kappa shape index (κ3) is 5.83. The van der Waals surface area contributed by atoms with Gasteiger partial charge < -0.3 is 20.5 Å². The quantitative estimate of drug-likeness (QED) is 0.302. The number of anilines is 2. The van der Waals surface area contributed by atoms with Gasteiger partial charge in [-0.1, -0.05) is 18.2 Å². The van der Waals surface area contributed by atoms with E-state index in [0.717, 1.165) is 48.1 Å². The van der Waals surface area contributed by atoms with Crippen molar-refractivity contribution in [2.24, 2.45) is 0 Å². The first-order valence-electron chi connectivity index (χ1n) is 13.1. The van der Waals surface area contributed by atoms with Gasteiger partial charge >= 0.3 is 0 Å². The highest BCUT2D eigenvalue weighted by Gasteiger charge is 2.20. The summed E-state index contributed by atoms with van der Waals surface area (Å²) in [6.07, 6.45) is 6.72. The van der Waals surface area contributed by atoms with Crippen molar-refractivity contribution in [3.63, 3.8) is 0 Å². The standard InChI is InChI=1S/C29H32N8O2S/c1-36-13-10-23(11-14-36)34-29(38)20-8-6-19(7-9-20)25-15-24-26(22(16-30)18-33-27(24)35-25)32-17-21-5-4-12-31-28(21)37(2)40(3)39/h4-9,12,15,18,23H,10-11,13-14,17H2,1-3H3,(H,34,38)(H2,32,33,35). The molecule has 4 heterocycles. The average molecular weight is 557 g/mol. The highest BCUT2D eigenvalue weighted by molar-refractivity contribution is 7.85. The lowest BCUT2D eigenvalue weighted by Gasteiger charge is -2.29. The second kappa shape index (κ2) is 11.9. The maximum atomic E-state index is 12.8. The number of nitrogens with zero attached hydrogens (tertiary/aromatic N) is 5. The van der Waals surface area contributed by atoms with Crippen molar-refractivity contribution < 1.29 is 9.00 Å². The number of fused-ring (bicyclic) bond motifs is 1. The van der Waals surface area contributed by atoms with Crippen LogP contribution in [-0.2, 0) is 17.5 Å². The van der Waals surface area contributed by atoms with Crippen LogP contribution in [-0.4, -0.2) is 69.5 Å². The first-order valence-corrected chi connectivity index (χ1v) is 14.6. The summed E-state index contributed by atoms with van der Waals surface area (Å²) in [5.74, 6) is 0.547. The van der Waals surface area contributed by atoms with E-state index in [0.29, 0.717) is 34.8 Å². The largest absolute Gasteiger partial charge is 0.379 e. The Bertz CT molecular complexity index is 1590. The van der Waals surface area contributed by atoms with E-state index in [9.17, 15) is 14.3 Å². The molecule has 0 spiro atoms. The van der Waals surface area contributed by atoms with Gasteiger partial charge in [-0.05, 0) is 62.8 Å². The van der Waals surface area contributed by atoms with Gasteiger partial charge in [-0.3, -0.25) is 9.10 Å². The summed E-state index contributed by atoms with van der Waals surface area (Å²) in [7, 11) is 2.61. The summed E-state index contributed by atoms with van der Waals surface area (Å²) in [6.45, 7) is 2.35. The molecule has 1 aliphatic rings. The molecule has 0 aliphatic carbocycles. The number of nitriles is 1. The molecule has 1 aromatic carbocycles. The Labute approximate surface area is 236 Å². The SMILES string of the molecule is CN1CCC(NC(=O)c2ccc(-c3cc4c(NCc5cccnc5N(C)S(C)=O)c(C#N)cnc4[nH]3)cc2)CC1. The van der Waals surface area contributed by atoms with Crippen LogP contribution in [0.3, 0.4) is 0 Å².